The van der Waals surface area contributed by atoms with Crippen molar-refractivity contribution in [2.45, 2.75) is 84.0 Å². The van der Waals surface area contributed by atoms with Crippen LogP contribution in [0.4, 0.5) is 4.39 Å². The van der Waals surface area contributed by atoms with Gasteiger partial charge in [0.1, 0.15) is 11.6 Å². The minimum atomic E-state index is -0.273. The molecule has 1 N–H and O–H groups in total. The van der Waals surface area contributed by atoms with Crippen molar-refractivity contribution < 1.29 is 18.7 Å². The largest absolute Gasteiger partial charge is 0.490 e. The molecule has 4 nitrogen and oxygen atoms in total. The topological polar surface area (TPSA) is 47.6 Å². The van der Waals surface area contributed by atoms with Crippen molar-refractivity contribution in [3.05, 3.63) is 89.2 Å². The highest BCUT2D eigenvalue weighted by molar-refractivity contribution is 5.73. The maximum absolute atomic E-state index is 14.0. The Hall–Kier alpha value is -3.18. The molecule has 1 aliphatic rings. The van der Waals surface area contributed by atoms with E-state index in [9.17, 15) is 9.18 Å². The van der Waals surface area contributed by atoms with Gasteiger partial charge in [0.2, 0.25) is 5.91 Å². The fourth-order valence-corrected chi connectivity index (χ4v) is 4.97. The lowest BCUT2D eigenvalue weighted by Gasteiger charge is -2.29. The van der Waals surface area contributed by atoms with Crippen LogP contribution in [0.5, 0.6) is 5.75 Å². The third kappa shape index (κ3) is 7.91. The summed E-state index contributed by atoms with van der Waals surface area (Å²) in [6.07, 6.45) is 4.85. The van der Waals surface area contributed by atoms with Gasteiger partial charge in [-0.25, -0.2) is 4.39 Å². The van der Waals surface area contributed by atoms with Crippen molar-refractivity contribution >= 4 is 5.91 Å². The predicted molar refractivity (Wildman–Crippen MR) is 151 cm³/mol. The van der Waals surface area contributed by atoms with Crippen molar-refractivity contribution in [1.82, 2.24) is 5.32 Å². The van der Waals surface area contributed by atoms with E-state index in [1.807, 2.05) is 24.3 Å². The zero-order chi connectivity index (χ0) is 27.1. The van der Waals surface area contributed by atoms with Gasteiger partial charge in [-0.2, -0.15) is 0 Å². The summed E-state index contributed by atoms with van der Waals surface area (Å²) in [6.45, 7) is 9.35. The van der Waals surface area contributed by atoms with E-state index < -0.39 is 0 Å². The molecule has 3 aromatic rings. The number of ether oxygens (including phenoxy) is 2. The standard InChI is InChI=1S/C33H40FNO3/c1-23(36)35-19-18-25-10-13-31(21-32(25)26-6-5-7-28(34)20-26)38-30-16-14-29(15-17-30)37-22-24-8-11-27(12-9-24)33(2,3)4/h5-13,20-21,29-30H,14-19,22H2,1-4H3,(H,35,36). The summed E-state index contributed by atoms with van der Waals surface area (Å²) in [4.78, 5) is 11.3. The molecule has 0 aromatic heterocycles. The summed E-state index contributed by atoms with van der Waals surface area (Å²) in [5, 5.41) is 2.84. The Morgan fingerprint density at radius 3 is 2.32 bits per heavy atom. The van der Waals surface area contributed by atoms with Crippen LogP contribution >= 0.6 is 0 Å². The van der Waals surface area contributed by atoms with Gasteiger partial charge in [-0.3, -0.25) is 4.79 Å². The highest BCUT2D eigenvalue weighted by Crippen LogP contribution is 2.32. The Balaban J connectivity index is 1.33. The molecule has 0 radical (unpaired) electrons. The maximum Gasteiger partial charge on any atom is 0.216 e. The third-order valence-electron chi connectivity index (χ3n) is 7.21. The number of nitrogens with one attached hydrogen (secondary N) is 1. The smallest absolute Gasteiger partial charge is 0.216 e. The second kappa shape index (κ2) is 12.6. The van der Waals surface area contributed by atoms with Gasteiger partial charge in [0.05, 0.1) is 18.8 Å². The summed E-state index contributed by atoms with van der Waals surface area (Å²) < 4.78 is 26.6. The number of carbonyl (C=O) groups excluding carboxylic acids is 1. The molecule has 0 bridgehead atoms. The SMILES string of the molecule is CC(=O)NCCc1ccc(OC2CCC(OCc3ccc(C(C)(C)C)cc3)CC2)cc1-c1cccc(F)c1. The lowest BCUT2D eigenvalue weighted by Crippen LogP contribution is -2.28. The number of carbonyl (C=O) groups is 1. The van der Waals surface area contributed by atoms with Crippen LogP contribution in [0.3, 0.4) is 0 Å². The molecular weight excluding hydrogens is 477 g/mol. The fourth-order valence-electron chi connectivity index (χ4n) is 4.97. The van der Waals surface area contributed by atoms with Gasteiger partial charge in [-0.05, 0) is 89.6 Å². The van der Waals surface area contributed by atoms with Crippen LogP contribution in [0.1, 0.15) is 70.1 Å². The first-order valence-electron chi connectivity index (χ1n) is 13.7. The van der Waals surface area contributed by atoms with Crippen molar-refractivity contribution in [2.24, 2.45) is 0 Å². The first kappa shape index (κ1) is 27.8. The molecular formula is C33H40FNO3. The quantitative estimate of drug-likeness (QED) is 0.322. The van der Waals surface area contributed by atoms with Crippen LogP contribution in [0.2, 0.25) is 0 Å². The third-order valence-corrected chi connectivity index (χ3v) is 7.21. The molecule has 1 aliphatic carbocycles. The molecule has 0 aliphatic heterocycles. The van der Waals surface area contributed by atoms with Gasteiger partial charge in [-0.1, -0.05) is 63.2 Å². The summed E-state index contributed by atoms with van der Waals surface area (Å²) in [5.74, 6) is 0.455. The van der Waals surface area contributed by atoms with Crippen LogP contribution in [-0.4, -0.2) is 24.7 Å². The maximum atomic E-state index is 14.0. The van der Waals surface area contributed by atoms with E-state index in [4.69, 9.17) is 9.47 Å². The van der Waals surface area contributed by atoms with Gasteiger partial charge in [-0.15, -0.1) is 0 Å². The summed E-state index contributed by atoms with van der Waals surface area (Å²) in [6, 6.07) is 21.4. The van der Waals surface area contributed by atoms with E-state index in [0.29, 0.717) is 19.6 Å². The molecule has 5 heteroatoms. The van der Waals surface area contributed by atoms with Crippen molar-refractivity contribution in [1.29, 1.82) is 0 Å². The molecule has 0 heterocycles. The zero-order valence-corrected chi connectivity index (χ0v) is 23.1. The van der Waals surface area contributed by atoms with E-state index in [1.54, 1.807) is 12.1 Å². The average Bonchev–Trinajstić information content (AvgIpc) is 2.88. The molecule has 1 amide bonds. The molecule has 202 valence electrons. The van der Waals surface area contributed by atoms with Gasteiger partial charge in [0.25, 0.3) is 0 Å². The number of hydrogen-bond donors (Lipinski definition) is 1. The zero-order valence-electron chi connectivity index (χ0n) is 23.1. The minimum Gasteiger partial charge on any atom is -0.490 e. The monoisotopic (exact) mass is 517 g/mol. The minimum absolute atomic E-state index is 0.0599. The molecule has 38 heavy (non-hydrogen) atoms. The van der Waals surface area contributed by atoms with Gasteiger partial charge in [0, 0.05) is 13.5 Å². The average molecular weight is 518 g/mol. The molecule has 1 saturated carbocycles. The Labute approximate surface area is 226 Å². The number of halogens is 1. The Morgan fingerprint density at radius 1 is 0.947 bits per heavy atom. The van der Waals surface area contributed by atoms with Crippen LogP contribution in [0, 0.1) is 5.82 Å². The molecule has 0 saturated heterocycles. The first-order valence-corrected chi connectivity index (χ1v) is 13.7. The van der Waals surface area contributed by atoms with E-state index in [2.05, 4.69) is 50.4 Å². The Morgan fingerprint density at radius 2 is 1.66 bits per heavy atom. The first-order chi connectivity index (χ1) is 18.2. The Kier molecular flexibility index (Phi) is 9.22. The van der Waals surface area contributed by atoms with E-state index in [-0.39, 0.29) is 29.3 Å². The highest BCUT2D eigenvalue weighted by atomic mass is 19.1. The highest BCUT2D eigenvalue weighted by Gasteiger charge is 2.23. The number of hydrogen-bond acceptors (Lipinski definition) is 3. The van der Waals surface area contributed by atoms with E-state index in [1.165, 1.54) is 24.1 Å². The van der Waals surface area contributed by atoms with E-state index >= 15 is 0 Å². The van der Waals surface area contributed by atoms with Crippen molar-refractivity contribution in [2.75, 3.05) is 6.54 Å². The van der Waals surface area contributed by atoms with Crippen LogP contribution in [0.25, 0.3) is 11.1 Å². The lowest BCUT2D eigenvalue weighted by atomic mass is 9.87. The molecule has 4 rings (SSSR count). The number of amides is 1. The van der Waals surface area contributed by atoms with Crippen LogP contribution in [0.15, 0.2) is 66.7 Å². The number of rotatable bonds is 9. The van der Waals surface area contributed by atoms with Crippen molar-refractivity contribution in [3.63, 3.8) is 0 Å². The molecule has 3 aromatic carbocycles. The second-order valence-corrected chi connectivity index (χ2v) is 11.3. The lowest BCUT2D eigenvalue weighted by molar-refractivity contribution is -0.118. The summed E-state index contributed by atoms with van der Waals surface area (Å²) in [7, 11) is 0. The summed E-state index contributed by atoms with van der Waals surface area (Å²) in [5.41, 5.74) is 5.48. The summed E-state index contributed by atoms with van der Waals surface area (Å²) >= 11 is 0. The predicted octanol–water partition coefficient (Wildman–Crippen LogP) is 7.38. The molecule has 0 spiro atoms. The molecule has 0 unspecified atom stereocenters. The second-order valence-electron chi connectivity index (χ2n) is 11.3. The fraction of sp³-hybridized carbons (Fsp3) is 0.424. The normalized spacial score (nSPS) is 17.7. The van der Waals surface area contributed by atoms with Gasteiger partial charge >= 0.3 is 0 Å². The molecule has 0 atom stereocenters. The van der Waals surface area contributed by atoms with Crippen LogP contribution < -0.4 is 10.1 Å². The van der Waals surface area contributed by atoms with Gasteiger partial charge in [0.15, 0.2) is 0 Å². The van der Waals surface area contributed by atoms with Crippen LogP contribution in [-0.2, 0) is 28.0 Å². The number of benzene rings is 3. The Bertz CT molecular complexity index is 1210. The molecule has 1 fully saturated rings. The van der Waals surface area contributed by atoms with E-state index in [0.717, 1.165) is 48.1 Å². The van der Waals surface area contributed by atoms with Gasteiger partial charge < -0.3 is 14.8 Å². The van der Waals surface area contributed by atoms with Crippen molar-refractivity contribution in [3.8, 4) is 16.9 Å².